The summed E-state index contributed by atoms with van der Waals surface area (Å²) < 4.78 is 54.6. The summed E-state index contributed by atoms with van der Waals surface area (Å²) in [4.78, 5) is 12.9. The van der Waals surface area contributed by atoms with Crippen LogP contribution in [-0.2, 0) is 24.8 Å². The van der Waals surface area contributed by atoms with Gasteiger partial charge in [-0.05, 0) is 44.4 Å². The summed E-state index contributed by atoms with van der Waals surface area (Å²) in [6, 6.07) is 2.05. The lowest BCUT2D eigenvalue weighted by molar-refractivity contribution is -0.125. The van der Waals surface area contributed by atoms with Gasteiger partial charge in [-0.3, -0.25) is 10.2 Å². The molecule has 0 aliphatic carbocycles. The first-order chi connectivity index (χ1) is 17.5. The van der Waals surface area contributed by atoms with Crippen molar-refractivity contribution < 1.29 is 26.7 Å². The van der Waals surface area contributed by atoms with Crippen LogP contribution in [0.4, 0.5) is 5.69 Å². The lowest BCUT2D eigenvalue weighted by atomic mass is 9.95. The molecule has 0 spiro atoms. The molecule has 3 rings (SSSR count). The number of aliphatic hydroxyl groups excluding tert-OH is 1. The van der Waals surface area contributed by atoms with Crippen LogP contribution in [0.15, 0.2) is 32.3 Å². The number of benzene rings is 1. The van der Waals surface area contributed by atoms with E-state index in [1.807, 2.05) is 0 Å². The highest BCUT2D eigenvalue weighted by atomic mass is 32.2. The zero-order valence-electron chi connectivity index (χ0n) is 20.2. The number of hydrogen-bond donors (Lipinski definition) is 7. The third kappa shape index (κ3) is 6.99. The summed E-state index contributed by atoms with van der Waals surface area (Å²) >= 11 is 0. The number of amidine groups is 1. The standard InChI is InChI=1S/C20H33N9O6S2/c21-19(26-28-22)17-15(29-9-1-3-13(12-29)20(31)25-7-2-10-30)4-5-16(18(17)36(23,32)33)37(34,35)27-14-6-8-24-11-14/h4-5,13-14,24,27,30H,1-3,6-12H2,(H,25,31)(H3,21,22,26)(H2,23,32,33)/t13?,14-/m1/s1. The molecular formula is C20H33N9O6S2. The molecule has 9 N–H and O–H groups in total. The average Bonchev–Trinajstić information content (AvgIpc) is 3.35. The second-order valence-corrected chi connectivity index (χ2v) is 12.0. The Morgan fingerprint density at radius 1 is 1.27 bits per heavy atom. The largest absolute Gasteiger partial charge is 0.396 e. The number of hydrogen-bond acceptors (Lipinski definition) is 10. The quantitative estimate of drug-likeness (QED) is 0.0432. The van der Waals surface area contributed by atoms with E-state index in [0.29, 0.717) is 51.9 Å². The van der Waals surface area contributed by atoms with E-state index in [0.717, 1.165) is 6.07 Å². The molecule has 0 bridgehead atoms. The van der Waals surface area contributed by atoms with Crippen molar-refractivity contribution in [3.05, 3.63) is 17.7 Å². The van der Waals surface area contributed by atoms with Gasteiger partial charge in [-0.15, -0.1) is 5.11 Å². The summed E-state index contributed by atoms with van der Waals surface area (Å²) in [7, 11) is -9.06. The number of piperidine rings is 1. The number of aliphatic hydroxyl groups is 1. The van der Waals surface area contributed by atoms with Crippen molar-refractivity contribution in [2.45, 2.75) is 41.5 Å². The van der Waals surface area contributed by atoms with Crippen LogP contribution in [0.5, 0.6) is 0 Å². The normalized spacial score (nSPS) is 20.9. The molecule has 2 aliphatic heterocycles. The molecule has 2 atom stereocenters. The molecule has 206 valence electrons. The van der Waals surface area contributed by atoms with Crippen LogP contribution in [0.2, 0.25) is 0 Å². The fourth-order valence-corrected chi connectivity index (χ4v) is 7.40. The fraction of sp³-hybridized carbons (Fsp3) is 0.600. The van der Waals surface area contributed by atoms with Crippen molar-refractivity contribution in [3.63, 3.8) is 0 Å². The van der Waals surface area contributed by atoms with E-state index >= 15 is 0 Å². The number of primary sulfonamides is 1. The lowest BCUT2D eigenvalue weighted by Gasteiger charge is -2.35. The van der Waals surface area contributed by atoms with Gasteiger partial charge >= 0.3 is 0 Å². The van der Waals surface area contributed by atoms with Gasteiger partial charge in [0.05, 0.1) is 11.5 Å². The summed E-state index contributed by atoms with van der Waals surface area (Å²) in [5.74, 6) is 3.74. The molecule has 2 saturated heterocycles. The number of nitrogens with two attached hydrogens (primary N) is 2. The Kier molecular flexibility index (Phi) is 9.54. The Labute approximate surface area is 215 Å². The zero-order valence-corrected chi connectivity index (χ0v) is 21.8. The number of anilines is 1. The van der Waals surface area contributed by atoms with E-state index in [4.69, 9.17) is 21.5 Å². The summed E-state index contributed by atoms with van der Waals surface area (Å²) in [5, 5.41) is 35.1. The molecule has 0 saturated carbocycles. The molecular weight excluding hydrogens is 526 g/mol. The monoisotopic (exact) mass is 559 g/mol. The van der Waals surface area contributed by atoms with Gasteiger partial charge in [0, 0.05) is 44.5 Å². The highest BCUT2D eigenvalue weighted by Gasteiger charge is 2.35. The predicted molar refractivity (Wildman–Crippen MR) is 135 cm³/mol. The fourth-order valence-electron chi connectivity index (χ4n) is 4.53. The van der Waals surface area contributed by atoms with Gasteiger partial charge in [0.1, 0.15) is 9.79 Å². The molecule has 1 unspecified atom stereocenters. The molecule has 2 heterocycles. The van der Waals surface area contributed by atoms with E-state index in [9.17, 15) is 21.6 Å². The van der Waals surface area contributed by atoms with Gasteiger partial charge < -0.3 is 26.5 Å². The number of nitrogens with zero attached hydrogens (tertiary/aromatic N) is 3. The number of nitrogens with one attached hydrogen (secondary N) is 4. The van der Waals surface area contributed by atoms with E-state index in [2.05, 4.69) is 25.7 Å². The SMILES string of the molecule is N=C(N=NN)c1c(N2CCCC(C(=O)NCCCO)C2)ccc(S(=O)(=O)N[C@@H]2CCNC2)c1S(N)(=O)=O. The number of carbonyl (C=O) groups is 1. The summed E-state index contributed by atoms with van der Waals surface area (Å²) in [5.41, 5.74) is -0.207. The van der Waals surface area contributed by atoms with Crippen LogP contribution < -0.4 is 31.2 Å². The van der Waals surface area contributed by atoms with Crippen LogP contribution in [0.1, 0.15) is 31.2 Å². The first kappa shape index (κ1) is 28.9. The minimum atomic E-state index is -4.70. The molecule has 17 heteroatoms. The van der Waals surface area contributed by atoms with Crippen molar-refractivity contribution in [1.29, 1.82) is 5.41 Å². The van der Waals surface area contributed by atoms with Crippen LogP contribution >= 0.6 is 0 Å². The highest BCUT2D eigenvalue weighted by molar-refractivity contribution is 7.92. The maximum absolute atomic E-state index is 13.3. The van der Waals surface area contributed by atoms with Gasteiger partial charge in [-0.2, -0.15) is 0 Å². The molecule has 2 fully saturated rings. The third-order valence-corrected chi connectivity index (χ3v) is 8.90. The molecule has 0 radical (unpaired) electrons. The molecule has 0 aromatic heterocycles. The van der Waals surface area contributed by atoms with Crippen molar-refractivity contribution >= 4 is 37.5 Å². The maximum Gasteiger partial charge on any atom is 0.242 e. The van der Waals surface area contributed by atoms with Crippen molar-refractivity contribution in [3.8, 4) is 0 Å². The maximum atomic E-state index is 13.3. The van der Waals surface area contributed by atoms with Gasteiger partial charge in [0.25, 0.3) is 0 Å². The number of carbonyl (C=O) groups excluding carboxylic acids is 1. The van der Waals surface area contributed by atoms with E-state index < -0.39 is 47.6 Å². The smallest absolute Gasteiger partial charge is 0.242 e. The van der Waals surface area contributed by atoms with E-state index in [1.165, 1.54) is 6.07 Å². The topological polar surface area (TPSA) is 246 Å². The second-order valence-electron chi connectivity index (χ2n) is 8.86. The average molecular weight is 560 g/mol. The molecule has 2 aliphatic rings. The number of amides is 1. The first-order valence-electron chi connectivity index (χ1n) is 11.8. The van der Waals surface area contributed by atoms with Crippen LogP contribution in [-0.4, -0.2) is 79.1 Å². The van der Waals surface area contributed by atoms with E-state index in [1.54, 1.807) is 4.90 Å². The lowest BCUT2D eigenvalue weighted by Crippen LogP contribution is -2.44. The second kappa shape index (κ2) is 12.2. The molecule has 1 aromatic rings. The Bertz CT molecular complexity index is 1250. The summed E-state index contributed by atoms with van der Waals surface area (Å²) in [6.07, 6.45) is 2.07. The zero-order chi connectivity index (χ0) is 27.2. The Hall–Kier alpha value is -2.70. The van der Waals surface area contributed by atoms with Gasteiger partial charge in [-0.25, -0.2) is 26.7 Å². The third-order valence-electron chi connectivity index (χ3n) is 6.22. The first-order valence-corrected chi connectivity index (χ1v) is 14.8. The van der Waals surface area contributed by atoms with Crippen LogP contribution in [0.3, 0.4) is 0 Å². The van der Waals surface area contributed by atoms with Crippen molar-refractivity contribution in [2.75, 3.05) is 44.2 Å². The van der Waals surface area contributed by atoms with E-state index in [-0.39, 0.29) is 30.3 Å². The number of sulfonamides is 2. The number of rotatable bonds is 10. The van der Waals surface area contributed by atoms with Crippen LogP contribution in [0, 0.1) is 11.3 Å². The predicted octanol–water partition coefficient (Wildman–Crippen LogP) is -1.66. The molecule has 1 amide bonds. The Morgan fingerprint density at radius 2 is 2.03 bits per heavy atom. The minimum absolute atomic E-state index is 0.0596. The Morgan fingerprint density at radius 3 is 2.65 bits per heavy atom. The van der Waals surface area contributed by atoms with Crippen molar-refractivity contribution in [2.24, 2.45) is 27.2 Å². The molecule has 37 heavy (non-hydrogen) atoms. The minimum Gasteiger partial charge on any atom is -0.396 e. The summed E-state index contributed by atoms with van der Waals surface area (Å²) in [6.45, 7) is 1.81. The molecule has 15 nitrogen and oxygen atoms in total. The van der Waals surface area contributed by atoms with Gasteiger partial charge in [0.2, 0.25) is 26.0 Å². The van der Waals surface area contributed by atoms with Gasteiger partial charge in [-0.1, -0.05) is 5.22 Å². The molecule has 1 aromatic carbocycles. The van der Waals surface area contributed by atoms with Gasteiger partial charge in [0.15, 0.2) is 5.84 Å². The van der Waals surface area contributed by atoms with Crippen LogP contribution in [0.25, 0.3) is 0 Å². The highest BCUT2D eigenvalue weighted by Crippen LogP contribution is 2.35. The Balaban J connectivity index is 2.09. The van der Waals surface area contributed by atoms with Crippen molar-refractivity contribution in [1.82, 2.24) is 15.4 Å².